The first-order valence-corrected chi connectivity index (χ1v) is 10.2. The first-order valence-electron chi connectivity index (χ1n) is 8.03. The van der Waals surface area contributed by atoms with E-state index in [0.29, 0.717) is 11.3 Å². The lowest BCUT2D eigenvalue weighted by Gasteiger charge is -2.10. The number of carbonyl (C=O) groups is 1. The zero-order valence-corrected chi connectivity index (χ0v) is 17.0. The van der Waals surface area contributed by atoms with Gasteiger partial charge in [-0.1, -0.05) is 36.0 Å². The largest absolute Gasteiger partial charge is 0.503 e. The number of methoxy groups -OCH3 is 2. The summed E-state index contributed by atoms with van der Waals surface area (Å²) in [5, 5.41) is 9.45. The smallest absolute Gasteiger partial charge is 0.339 e. The first kappa shape index (κ1) is 20.9. The van der Waals surface area contributed by atoms with Crippen molar-refractivity contribution in [1.29, 1.82) is 0 Å². The molecule has 5 nitrogen and oxygen atoms in total. The summed E-state index contributed by atoms with van der Waals surface area (Å²) in [5.74, 6) is 0.360. The van der Waals surface area contributed by atoms with E-state index in [1.54, 1.807) is 36.7 Å². The highest BCUT2D eigenvalue weighted by Crippen LogP contribution is 2.28. The predicted octanol–water partition coefficient (Wildman–Crippen LogP) is 5.05. The number of rotatable bonds is 7. The van der Waals surface area contributed by atoms with Gasteiger partial charge < -0.3 is 14.6 Å². The molecule has 2 aromatic carbocycles. The van der Waals surface area contributed by atoms with Gasteiger partial charge in [0, 0.05) is 5.75 Å². The van der Waals surface area contributed by atoms with E-state index >= 15 is 0 Å². The summed E-state index contributed by atoms with van der Waals surface area (Å²) in [6.45, 7) is 0. The number of ether oxygens (including phenoxy) is 2. The van der Waals surface area contributed by atoms with Crippen molar-refractivity contribution in [2.45, 2.75) is 5.75 Å². The molecular weight excluding hydrogens is 382 g/mol. The van der Waals surface area contributed by atoms with Crippen LogP contribution in [0, 0.1) is 0 Å². The number of carboxylic acid groups (broad SMARTS) is 1. The third kappa shape index (κ3) is 6.08. The maximum Gasteiger partial charge on any atom is 0.339 e. The van der Waals surface area contributed by atoms with Crippen molar-refractivity contribution in [2.75, 3.05) is 20.5 Å². The lowest BCUT2D eigenvalue weighted by molar-refractivity contribution is -0.130. The van der Waals surface area contributed by atoms with E-state index < -0.39 is 5.97 Å². The van der Waals surface area contributed by atoms with Crippen molar-refractivity contribution >= 4 is 45.1 Å². The molecule has 0 aliphatic heterocycles. The minimum Gasteiger partial charge on any atom is -0.503 e. The monoisotopic (exact) mass is 403 g/mol. The van der Waals surface area contributed by atoms with Crippen molar-refractivity contribution in [3.63, 3.8) is 0 Å². The molecule has 142 valence electrons. The maximum atomic E-state index is 11.5. The predicted molar refractivity (Wildman–Crippen MR) is 114 cm³/mol. The number of aliphatic imine (C=N–C) groups is 1. The molecule has 1 N–H and O–H groups in total. The number of hydrogen-bond acceptors (Lipinski definition) is 6. The molecule has 0 saturated carbocycles. The van der Waals surface area contributed by atoms with Gasteiger partial charge in [-0.05, 0) is 41.6 Å². The van der Waals surface area contributed by atoms with E-state index in [2.05, 4.69) is 4.99 Å². The summed E-state index contributed by atoms with van der Waals surface area (Å²) in [6, 6.07) is 14.9. The Morgan fingerprint density at radius 1 is 1.15 bits per heavy atom. The van der Waals surface area contributed by atoms with E-state index in [-0.39, 0.29) is 5.57 Å². The van der Waals surface area contributed by atoms with Crippen LogP contribution >= 0.6 is 23.5 Å². The Kier molecular flexibility index (Phi) is 8.29. The van der Waals surface area contributed by atoms with E-state index in [9.17, 15) is 9.90 Å². The standard InChI is InChI=1S/C20H21NO4S2/c1-24-12-18(19(22)23)17-7-5-4-6-14(17)13-27-20(26-3)21-15-8-10-16(25-2)11-9-15/h4-12H,13H2,1-3H3,(H,22,23). The number of thioether (sulfide) groups is 2. The average molecular weight is 404 g/mol. The van der Waals surface area contributed by atoms with Crippen LogP contribution in [0.5, 0.6) is 5.75 Å². The average Bonchev–Trinajstić information content (AvgIpc) is 2.70. The first-order chi connectivity index (χ1) is 13.1. The fraction of sp³-hybridized carbons (Fsp3) is 0.200. The molecular formula is C20H21NO4S2. The van der Waals surface area contributed by atoms with E-state index in [1.165, 1.54) is 13.4 Å². The molecule has 2 aromatic rings. The fourth-order valence-electron chi connectivity index (χ4n) is 2.29. The van der Waals surface area contributed by atoms with Gasteiger partial charge in [0.05, 0.1) is 26.2 Å². The molecule has 0 aliphatic rings. The minimum atomic E-state index is -1.02. The molecule has 0 atom stereocenters. The summed E-state index contributed by atoms with van der Waals surface area (Å²) < 4.78 is 11.0. The van der Waals surface area contributed by atoms with Gasteiger partial charge in [0.15, 0.2) is 0 Å². The summed E-state index contributed by atoms with van der Waals surface area (Å²) in [4.78, 5) is 16.2. The lowest BCUT2D eigenvalue weighted by Crippen LogP contribution is -2.03. The van der Waals surface area contributed by atoms with Gasteiger partial charge in [0.2, 0.25) is 0 Å². The number of benzene rings is 2. The molecule has 27 heavy (non-hydrogen) atoms. The van der Waals surface area contributed by atoms with Crippen molar-refractivity contribution < 1.29 is 19.4 Å². The summed E-state index contributed by atoms with van der Waals surface area (Å²) >= 11 is 3.11. The molecule has 0 aromatic heterocycles. The van der Waals surface area contributed by atoms with Crippen LogP contribution in [0.25, 0.3) is 5.57 Å². The Hall–Kier alpha value is -2.38. The molecule has 0 saturated heterocycles. The Morgan fingerprint density at radius 2 is 1.85 bits per heavy atom. The van der Waals surface area contributed by atoms with Crippen LogP contribution in [-0.4, -0.2) is 35.9 Å². The van der Waals surface area contributed by atoms with Crippen LogP contribution in [-0.2, 0) is 15.3 Å². The molecule has 0 fully saturated rings. The second-order valence-corrected chi connectivity index (χ2v) is 7.32. The zero-order valence-electron chi connectivity index (χ0n) is 15.3. The molecule has 7 heteroatoms. The van der Waals surface area contributed by atoms with Gasteiger partial charge >= 0.3 is 5.97 Å². The number of nitrogens with zero attached hydrogens (tertiary/aromatic N) is 1. The Labute approximate surface area is 167 Å². The van der Waals surface area contributed by atoms with Crippen LogP contribution < -0.4 is 4.74 Å². The zero-order chi connectivity index (χ0) is 19.6. The van der Waals surface area contributed by atoms with Crippen LogP contribution in [0.3, 0.4) is 0 Å². The van der Waals surface area contributed by atoms with Gasteiger partial charge in [-0.3, -0.25) is 0 Å². The fourth-order valence-corrected chi connectivity index (χ4v) is 3.84. The molecule has 0 unspecified atom stereocenters. The van der Waals surface area contributed by atoms with Crippen molar-refractivity contribution in [1.82, 2.24) is 0 Å². The number of hydrogen-bond donors (Lipinski definition) is 1. The Balaban J connectivity index is 2.20. The topological polar surface area (TPSA) is 68.1 Å². The molecule has 2 rings (SSSR count). The summed E-state index contributed by atoms with van der Waals surface area (Å²) in [5.41, 5.74) is 2.52. The molecule has 0 spiro atoms. The van der Waals surface area contributed by atoms with Gasteiger partial charge in [0.1, 0.15) is 15.7 Å². The molecule has 0 radical (unpaired) electrons. The van der Waals surface area contributed by atoms with Crippen molar-refractivity contribution in [3.05, 3.63) is 65.9 Å². The highest BCUT2D eigenvalue weighted by molar-refractivity contribution is 8.38. The number of carboxylic acids is 1. The lowest BCUT2D eigenvalue weighted by atomic mass is 10.0. The van der Waals surface area contributed by atoms with E-state index in [1.807, 2.05) is 48.7 Å². The third-order valence-corrected chi connectivity index (χ3v) is 5.68. The second-order valence-electron chi connectivity index (χ2n) is 5.30. The van der Waals surface area contributed by atoms with Crippen LogP contribution in [0.2, 0.25) is 0 Å². The van der Waals surface area contributed by atoms with Gasteiger partial charge in [0.25, 0.3) is 0 Å². The highest BCUT2D eigenvalue weighted by Gasteiger charge is 2.15. The summed E-state index contributed by atoms with van der Waals surface area (Å²) in [6.07, 6.45) is 3.22. The van der Waals surface area contributed by atoms with Gasteiger partial charge in [-0.2, -0.15) is 0 Å². The molecule has 0 bridgehead atoms. The van der Waals surface area contributed by atoms with E-state index in [0.717, 1.165) is 21.4 Å². The van der Waals surface area contributed by atoms with E-state index in [4.69, 9.17) is 9.47 Å². The van der Waals surface area contributed by atoms with Gasteiger partial charge in [-0.15, -0.1) is 11.8 Å². The maximum absolute atomic E-state index is 11.5. The van der Waals surface area contributed by atoms with Crippen LogP contribution in [0.15, 0.2) is 59.8 Å². The Morgan fingerprint density at radius 3 is 2.44 bits per heavy atom. The van der Waals surface area contributed by atoms with Gasteiger partial charge in [-0.25, -0.2) is 9.79 Å². The number of aliphatic carboxylic acids is 1. The van der Waals surface area contributed by atoms with Crippen LogP contribution in [0.4, 0.5) is 5.69 Å². The third-order valence-electron chi connectivity index (χ3n) is 3.59. The molecule has 0 amide bonds. The summed E-state index contributed by atoms with van der Waals surface area (Å²) in [7, 11) is 3.07. The highest BCUT2D eigenvalue weighted by atomic mass is 32.2. The normalized spacial score (nSPS) is 12.0. The molecule has 0 heterocycles. The molecule has 0 aliphatic carbocycles. The minimum absolute atomic E-state index is 0.131. The Bertz CT molecular complexity index is 832. The SMILES string of the molecule is COC=C(C(=O)O)c1ccccc1CSC(=Nc1ccc(OC)cc1)SC. The quantitative estimate of drug-likeness (QED) is 0.302. The van der Waals surface area contributed by atoms with Crippen molar-refractivity contribution in [2.24, 2.45) is 4.99 Å². The van der Waals surface area contributed by atoms with Crippen molar-refractivity contribution in [3.8, 4) is 5.75 Å². The van der Waals surface area contributed by atoms with Crippen LogP contribution in [0.1, 0.15) is 11.1 Å². The second kappa shape index (κ2) is 10.7.